The maximum absolute atomic E-state index is 5.40. The summed E-state index contributed by atoms with van der Waals surface area (Å²) in [6.07, 6.45) is 0. The fourth-order valence-electron chi connectivity index (χ4n) is 2.97. The van der Waals surface area contributed by atoms with Crippen LogP contribution in [0.25, 0.3) is 21.8 Å². The zero-order chi connectivity index (χ0) is 16.4. The molecule has 0 atom stereocenters. The number of hydrogen-bond donors (Lipinski definition) is 1. The Hall–Kier alpha value is -3.07. The molecular formula is C21H18N2O. The molecule has 3 nitrogen and oxygen atoms in total. The van der Waals surface area contributed by atoms with Gasteiger partial charge in [0.2, 0.25) is 0 Å². The number of anilines is 1. The Labute approximate surface area is 140 Å². The molecule has 0 fully saturated rings. The lowest BCUT2D eigenvalue weighted by Gasteiger charge is -2.14. The second-order valence-electron chi connectivity index (χ2n) is 5.73. The first-order valence-corrected chi connectivity index (χ1v) is 7.99. The molecule has 0 aliphatic carbocycles. The van der Waals surface area contributed by atoms with E-state index in [0.717, 1.165) is 39.8 Å². The first kappa shape index (κ1) is 14.5. The normalized spacial score (nSPS) is 10.9. The van der Waals surface area contributed by atoms with E-state index in [-0.39, 0.29) is 0 Å². The minimum absolute atomic E-state index is 0.765. The molecule has 0 bridgehead atoms. The number of nitrogens with zero attached hydrogens (tertiary/aromatic N) is 1. The lowest BCUT2D eigenvalue weighted by molar-refractivity contribution is 0.415. The van der Waals surface area contributed by atoms with Gasteiger partial charge in [-0.25, -0.2) is 4.98 Å². The molecule has 24 heavy (non-hydrogen) atoms. The molecule has 0 spiro atoms. The summed E-state index contributed by atoms with van der Waals surface area (Å²) in [6.45, 7) is 0.765. The predicted octanol–water partition coefficient (Wildman–Crippen LogP) is 5.01. The largest absolute Gasteiger partial charge is 0.497 e. The number of pyridine rings is 1. The van der Waals surface area contributed by atoms with Crippen molar-refractivity contribution < 1.29 is 4.74 Å². The molecule has 0 amide bonds. The monoisotopic (exact) mass is 314 g/mol. The van der Waals surface area contributed by atoms with Crippen LogP contribution >= 0.6 is 0 Å². The molecule has 118 valence electrons. The van der Waals surface area contributed by atoms with Gasteiger partial charge in [-0.1, -0.05) is 48.5 Å². The van der Waals surface area contributed by atoms with Gasteiger partial charge in [0.15, 0.2) is 0 Å². The molecule has 0 unspecified atom stereocenters. The van der Waals surface area contributed by atoms with Gasteiger partial charge in [0.25, 0.3) is 0 Å². The van der Waals surface area contributed by atoms with E-state index >= 15 is 0 Å². The molecule has 0 radical (unpaired) electrons. The Bertz CT molecular complexity index is 996. The number of ether oxygens (including phenoxy) is 1. The Kier molecular flexibility index (Phi) is 3.75. The topological polar surface area (TPSA) is 34.1 Å². The minimum atomic E-state index is 0.765. The Morgan fingerprint density at radius 2 is 1.58 bits per heavy atom. The van der Waals surface area contributed by atoms with Gasteiger partial charge in [0.05, 0.1) is 23.8 Å². The maximum atomic E-state index is 5.40. The highest BCUT2D eigenvalue weighted by atomic mass is 16.5. The van der Waals surface area contributed by atoms with Crippen LogP contribution in [0.5, 0.6) is 5.75 Å². The first-order valence-electron chi connectivity index (χ1n) is 7.99. The summed E-state index contributed by atoms with van der Waals surface area (Å²) in [4.78, 5) is 4.77. The van der Waals surface area contributed by atoms with Crippen molar-refractivity contribution in [2.75, 3.05) is 12.4 Å². The van der Waals surface area contributed by atoms with Crippen molar-refractivity contribution in [3.05, 3.63) is 78.4 Å². The molecule has 4 aromatic rings. The van der Waals surface area contributed by atoms with E-state index in [4.69, 9.17) is 9.72 Å². The number of rotatable bonds is 4. The van der Waals surface area contributed by atoms with Gasteiger partial charge >= 0.3 is 0 Å². The molecule has 0 saturated heterocycles. The average molecular weight is 314 g/mol. The predicted molar refractivity (Wildman–Crippen MR) is 99.6 cm³/mol. The smallest absolute Gasteiger partial charge is 0.119 e. The summed E-state index contributed by atoms with van der Waals surface area (Å²) in [5, 5.41) is 5.80. The zero-order valence-electron chi connectivity index (χ0n) is 13.5. The molecule has 1 aromatic heterocycles. The van der Waals surface area contributed by atoms with Gasteiger partial charge in [-0.2, -0.15) is 0 Å². The van der Waals surface area contributed by atoms with Crippen LogP contribution in [-0.2, 0) is 6.54 Å². The molecule has 0 aliphatic rings. The van der Waals surface area contributed by atoms with Crippen molar-refractivity contribution in [2.45, 2.75) is 6.54 Å². The van der Waals surface area contributed by atoms with Gasteiger partial charge < -0.3 is 10.1 Å². The van der Waals surface area contributed by atoms with E-state index in [0.29, 0.717) is 0 Å². The third-order valence-electron chi connectivity index (χ3n) is 4.20. The SMILES string of the molecule is COc1ccc2nc3ccccc3c(NCc3ccccc3)c2c1. The summed E-state index contributed by atoms with van der Waals surface area (Å²) < 4.78 is 5.40. The van der Waals surface area contributed by atoms with Crippen LogP contribution in [0, 0.1) is 0 Å². The molecule has 4 rings (SSSR count). The second kappa shape index (κ2) is 6.20. The minimum Gasteiger partial charge on any atom is -0.497 e. The van der Waals surface area contributed by atoms with E-state index in [9.17, 15) is 0 Å². The van der Waals surface area contributed by atoms with E-state index in [1.54, 1.807) is 7.11 Å². The highest BCUT2D eigenvalue weighted by molar-refractivity contribution is 6.07. The lowest BCUT2D eigenvalue weighted by Crippen LogP contribution is -2.01. The van der Waals surface area contributed by atoms with Crippen molar-refractivity contribution >= 4 is 27.5 Å². The standard InChI is InChI=1S/C21H18N2O/c1-24-16-11-12-20-18(13-16)21(17-9-5-6-10-19(17)23-20)22-14-15-7-3-2-4-8-15/h2-13H,14H2,1H3,(H,22,23). The molecule has 1 N–H and O–H groups in total. The summed E-state index contributed by atoms with van der Waals surface area (Å²) >= 11 is 0. The fraction of sp³-hybridized carbons (Fsp3) is 0.0952. The number of fused-ring (bicyclic) bond motifs is 2. The Morgan fingerprint density at radius 3 is 2.42 bits per heavy atom. The van der Waals surface area contributed by atoms with E-state index < -0.39 is 0 Å². The van der Waals surface area contributed by atoms with Crippen molar-refractivity contribution in [3.8, 4) is 5.75 Å². The highest BCUT2D eigenvalue weighted by Gasteiger charge is 2.10. The van der Waals surface area contributed by atoms with Gasteiger partial charge in [-0.05, 0) is 29.8 Å². The van der Waals surface area contributed by atoms with Gasteiger partial charge in [-0.15, -0.1) is 0 Å². The van der Waals surface area contributed by atoms with Crippen molar-refractivity contribution in [1.29, 1.82) is 0 Å². The van der Waals surface area contributed by atoms with E-state index in [1.807, 2.05) is 42.5 Å². The van der Waals surface area contributed by atoms with Crippen LogP contribution in [-0.4, -0.2) is 12.1 Å². The van der Waals surface area contributed by atoms with Crippen LogP contribution in [0.3, 0.4) is 0 Å². The van der Waals surface area contributed by atoms with Crippen molar-refractivity contribution in [2.24, 2.45) is 0 Å². The Morgan fingerprint density at radius 1 is 0.833 bits per heavy atom. The number of para-hydroxylation sites is 1. The van der Waals surface area contributed by atoms with E-state index in [1.165, 1.54) is 5.56 Å². The highest BCUT2D eigenvalue weighted by Crippen LogP contribution is 2.33. The average Bonchev–Trinajstić information content (AvgIpc) is 2.65. The zero-order valence-corrected chi connectivity index (χ0v) is 13.5. The van der Waals surface area contributed by atoms with Crippen LogP contribution in [0.1, 0.15) is 5.56 Å². The fourth-order valence-corrected chi connectivity index (χ4v) is 2.97. The third-order valence-corrected chi connectivity index (χ3v) is 4.20. The summed E-state index contributed by atoms with van der Waals surface area (Å²) in [5.74, 6) is 0.836. The molecule has 3 heteroatoms. The molecule has 0 saturated carbocycles. The second-order valence-corrected chi connectivity index (χ2v) is 5.73. The van der Waals surface area contributed by atoms with Gasteiger partial charge in [0, 0.05) is 17.3 Å². The summed E-state index contributed by atoms with van der Waals surface area (Å²) in [6, 6.07) is 24.6. The number of aromatic nitrogens is 1. The van der Waals surface area contributed by atoms with Gasteiger partial charge in [-0.3, -0.25) is 0 Å². The maximum Gasteiger partial charge on any atom is 0.119 e. The summed E-state index contributed by atoms with van der Waals surface area (Å²) in [7, 11) is 1.69. The number of benzene rings is 3. The number of methoxy groups -OCH3 is 1. The molecule has 1 heterocycles. The van der Waals surface area contributed by atoms with E-state index in [2.05, 4.69) is 35.6 Å². The summed E-state index contributed by atoms with van der Waals surface area (Å²) in [5.41, 5.74) is 4.29. The number of hydrogen-bond acceptors (Lipinski definition) is 3. The number of nitrogens with one attached hydrogen (secondary N) is 1. The molecule has 0 aliphatic heterocycles. The van der Waals surface area contributed by atoms with Crippen LogP contribution < -0.4 is 10.1 Å². The van der Waals surface area contributed by atoms with Crippen molar-refractivity contribution in [3.63, 3.8) is 0 Å². The molecular weight excluding hydrogens is 296 g/mol. The van der Waals surface area contributed by atoms with Gasteiger partial charge in [0.1, 0.15) is 5.75 Å². The molecule has 3 aromatic carbocycles. The first-order chi connectivity index (χ1) is 11.8. The van der Waals surface area contributed by atoms with Crippen LogP contribution in [0.2, 0.25) is 0 Å². The third kappa shape index (κ3) is 2.65. The lowest BCUT2D eigenvalue weighted by atomic mass is 10.1. The Balaban J connectivity index is 1.87. The van der Waals surface area contributed by atoms with Crippen molar-refractivity contribution in [1.82, 2.24) is 4.98 Å². The van der Waals surface area contributed by atoms with Crippen LogP contribution in [0.15, 0.2) is 72.8 Å². The quantitative estimate of drug-likeness (QED) is 0.538. The van der Waals surface area contributed by atoms with Crippen LogP contribution in [0.4, 0.5) is 5.69 Å².